The van der Waals surface area contributed by atoms with Crippen molar-refractivity contribution in [2.45, 2.75) is 51.1 Å². The van der Waals surface area contributed by atoms with Gasteiger partial charge >= 0.3 is 0 Å². The van der Waals surface area contributed by atoms with Gasteiger partial charge in [0.25, 0.3) is 0 Å². The first kappa shape index (κ1) is 16.6. The van der Waals surface area contributed by atoms with E-state index >= 15 is 0 Å². The largest absolute Gasteiger partial charge is 0.454 e. The third kappa shape index (κ3) is 3.73. The second-order valence-electron chi connectivity index (χ2n) is 6.59. The second kappa shape index (κ2) is 7.19. The molecule has 1 N–H and O–H groups in total. The van der Waals surface area contributed by atoms with Gasteiger partial charge in [-0.2, -0.15) is 0 Å². The van der Waals surface area contributed by atoms with Crippen LogP contribution >= 0.6 is 0 Å². The molecule has 0 spiro atoms. The van der Waals surface area contributed by atoms with E-state index in [2.05, 4.69) is 5.32 Å². The molecule has 3 aliphatic rings. The molecule has 0 bridgehead atoms. The monoisotopic (exact) mass is 349 g/mol. The number of carbonyl (C=O) groups is 1. The van der Waals surface area contributed by atoms with E-state index in [1.807, 2.05) is 19.1 Å². The predicted octanol–water partition coefficient (Wildman–Crippen LogP) is 2.36. The number of hydrogen-bond acceptors (Lipinski definition) is 6. The van der Waals surface area contributed by atoms with Gasteiger partial charge in [-0.3, -0.25) is 4.79 Å². The summed E-state index contributed by atoms with van der Waals surface area (Å²) in [7, 11) is 0. The van der Waals surface area contributed by atoms with Gasteiger partial charge in [0.15, 0.2) is 17.8 Å². The third-order valence-corrected chi connectivity index (χ3v) is 4.78. The Morgan fingerprint density at radius 2 is 1.92 bits per heavy atom. The molecule has 1 amide bonds. The van der Waals surface area contributed by atoms with E-state index in [0.717, 1.165) is 29.8 Å². The van der Waals surface area contributed by atoms with E-state index < -0.39 is 0 Å². The van der Waals surface area contributed by atoms with Crippen molar-refractivity contribution in [3.63, 3.8) is 0 Å². The van der Waals surface area contributed by atoms with Crippen molar-refractivity contribution < 1.29 is 28.5 Å². The topological polar surface area (TPSA) is 75.3 Å². The van der Waals surface area contributed by atoms with Gasteiger partial charge in [0.1, 0.15) is 6.10 Å². The number of amides is 1. The normalized spacial score (nSPS) is 25.5. The van der Waals surface area contributed by atoms with Crippen LogP contribution < -0.4 is 14.8 Å². The molecule has 136 valence electrons. The lowest BCUT2D eigenvalue weighted by atomic mass is 10.1. The van der Waals surface area contributed by atoms with Gasteiger partial charge in [-0.1, -0.05) is 0 Å². The molecule has 1 aromatic carbocycles. The minimum atomic E-state index is -0.241. The van der Waals surface area contributed by atoms with Crippen molar-refractivity contribution in [2.75, 3.05) is 25.3 Å². The van der Waals surface area contributed by atoms with Crippen LogP contribution in [0.15, 0.2) is 12.1 Å². The third-order valence-electron chi connectivity index (χ3n) is 4.78. The minimum absolute atomic E-state index is 0.00772. The van der Waals surface area contributed by atoms with Gasteiger partial charge in [-0.15, -0.1) is 0 Å². The lowest BCUT2D eigenvalue weighted by molar-refractivity contribution is -0.139. The van der Waals surface area contributed by atoms with Crippen LogP contribution in [0.4, 0.5) is 5.69 Å². The summed E-state index contributed by atoms with van der Waals surface area (Å²) >= 11 is 0. The molecule has 1 aromatic rings. The highest BCUT2D eigenvalue weighted by Gasteiger charge is 2.35. The molecular formula is C18H23NO6. The summed E-state index contributed by atoms with van der Waals surface area (Å²) in [5.74, 6) is 1.36. The van der Waals surface area contributed by atoms with Crippen LogP contribution in [0.2, 0.25) is 0 Å². The number of benzene rings is 1. The zero-order chi connectivity index (χ0) is 17.2. The summed E-state index contributed by atoms with van der Waals surface area (Å²) in [6, 6.07) is 3.69. The summed E-state index contributed by atoms with van der Waals surface area (Å²) in [5, 5.41) is 2.95. The molecule has 3 heterocycles. The van der Waals surface area contributed by atoms with Crippen LogP contribution in [0.25, 0.3) is 0 Å². The lowest BCUT2D eigenvalue weighted by Gasteiger charge is -2.18. The average molecular weight is 349 g/mol. The first-order chi connectivity index (χ1) is 12.2. The Kier molecular flexibility index (Phi) is 4.78. The fraction of sp³-hybridized carbons (Fsp3) is 0.611. The Morgan fingerprint density at radius 1 is 1.16 bits per heavy atom. The van der Waals surface area contributed by atoms with Crippen LogP contribution in [0.1, 0.15) is 31.2 Å². The molecular weight excluding hydrogens is 326 g/mol. The highest BCUT2D eigenvalue weighted by molar-refractivity contribution is 5.92. The minimum Gasteiger partial charge on any atom is -0.454 e. The number of aryl methyl sites for hydroxylation is 1. The highest BCUT2D eigenvalue weighted by Crippen LogP contribution is 2.37. The summed E-state index contributed by atoms with van der Waals surface area (Å²) in [4.78, 5) is 12.3. The number of rotatable bonds is 5. The van der Waals surface area contributed by atoms with Crippen LogP contribution in [0.3, 0.4) is 0 Å². The Morgan fingerprint density at radius 3 is 2.72 bits per heavy atom. The van der Waals surface area contributed by atoms with E-state index in [-0.39, 0.29) is 31.2 Å². The quantitative estimate of drug-likeness (QED) is 0.880. The van der Waals surface area contributed by atoms with Crippen LogP contribution in [-0.4, -0.2) is 44.4 Å². The maximum Gasteiger partial charge on any atom is 0.231 e. The number of ether oxygens (including phenoxy) is 5. The Bertz CT molecular complexity index is 643. The Labute approximate surface area is 146 Å². The maximum atomic E-state index is 12.3. The second-order valence-corrected chi connectivity index (χ2v) is 6.59. The van der Waals surface area contributed by atoms with Gasteiger partial charge < -0.3 is 29.0 Å². The maximum absolute atomic E-state index is 12.3. The number of nitrogens with one attached hydrogen (secondary N) is 1. The molecule has 0 aromatic heterocycles. The van der Waals surface area contributed by atoms with E-state index in [0.29, 0.717) is 31.8 Å². The van der Waals surface area contributed by atoms with E-state index in [1.165, 1.54) is 0 Å². The number of hydrogen-bond donors (Lipinski definition) is 1. The van der Waals surface area contributed by atoms with E-state index in [4.69, 9.17) is 23.7 Å². The van der Waals surface area contributed by atoms with Gasteiger partial charge in [-0.05, 0) is 37.8 Å². The van der Waals surface area contributed by atoms with Crippen molar-refractivity contribution >= 4 is 11.6 Å². The van der Waals surface area contributed by atoms with Crippen LogP contribution in [-0.2, 0) is 19.0 Å². The van der Waals surface area contributed by atoms with E-state index in [9.17, 15) is 4.79 Å². The van der Waals surface area contributed by atoms with Gasteiger partial charge in [0.05, 0.1) is 19.3 Å². The molecule has 0 radical (unpaired) electrons. The molecule has 2 saturated heterocycles. The van der Waals surface area contributed by atoms with Crippen molar-refractivity contribution in [1.82, 2.24) is 0 Å². The number of anilines is 1. The van der Waals surface area contributed by atoms with Crippen molar-refractivity contribution in [3.8, 4) is 11.5 Å². The fourth-order valence-electron chi connectivity index (χ4n) is 3.42. The SMILES string of the molecule is Cc1cc2c(cc1NC(=O)CCC1CCC(C3OCCO3)O1)OCO2. The summed E-state index contributed by atoms with van der Waals surface area (Å²) in [6.07, 6.45) is 2.79. The first-order valence-corrected chi connectivity index (χ1v) is 8.78. The molecule has 7 heteroatoms. The summed E-state index contributed by atoms with van der Waals surface area (Å²) in [5.41, 5.74) is 1.71. The molecule has 0 aliphatic carbocycles. The van der Waals surface area contributed by atoms with Crippen LogP contribution in [0.5, 0.6) is 11.5 Å². The van der Waals surface area contributed by atoms with Crippen molar-refractivity contribution in [1.29, 1.82) is 0 Å². The number of carbonyl (C=O) groups excluding carboxylic acids is 1. The predicted molar refractivity (Wildman–Crippen MR) is 88.8 cm³/mol. The molecule has 2 atom stereocenters. The van der Waals surface area contributed by atoms with Gasteiger partial charge in [-0.25, -0.2) is 0 Å². The standard InChI is InChI=1S/C18H23NO6/c1-11-8-15-16(24-10-23-15)9-13(11)19-17(20)5-3-12-2-4-14(25-12)18-21-6-7-22-18/h8-9,12,14,18H,2-7,10H2,1H3,(H,19,20). The molecule has 4 rings (SSSR count). The van der Waals surface area contributed by atoms with Crippen molar-refractivity contribution in [3.05, 3.63) is 17.7 Å². The average Bonchev–Trinajstić information content (AvgIpc) is 3.34. The Hall–Kier alpha value is -1.83. The molecule has 7 nitrogen and oxygen atoms in total. The van der Waals surface area contributed by atoms with Crippen LogP contribution in [0, 0.1) is 6.92 Å². The molecule has 2 fully saturated rings. The fourth-order valence-corrected chi connectivity index (χ4v) is 3.42. The first-order valence-electron chi connectivity index (χ1n) is 8.78. The number of fused-ring (bicyclic) bond motifs is 1. The summed E-state index contributed by atoms with van der Waals surface area (Å²) < 4.78 is 27.6. The van der Waals surface area contributed by atoms with Crippen molar-refractivity contribution in [2.24, 2.45) is 0 Å². The van der Waals surface area contributed by atoms with Gasteiger partial charge in [0, 0.05) is 18.2 Å². The smallest absolute Gasteiger partial charge is 0.231 e. The Balaban J connectivity index is 1.26. The zero-order valence-electron chi connectivity index (χ0n) is 14.3. The highest BCUT2D eigenvalue weighted by atomic mass is 16.7. The molecule has 2 unspecified atom stereocenters. The van der Waals surface area contributed by atoms with E-state index in [1.54, 1.807) is 0 Å². The molecule has 0 saturated carbocycles. The summed E-state index contributed by atoms with van der Waals surface area (Å²) in [6.45, 7) is 3.42. The molecule has 3 aliphatic heterocycles. The zero-order valence-corrected chi connectivity index (χ0v) is 14.3. The molecule has 25 heavy (non-hydrogen) atoms. The van der Waals surface area contributed by atoms with Gasteiger partial charge in [0.2, 0.25) is 12.7 Å². The lowest BCUT2D eigenvalue weighted by Crippen LogP contribution is -2.27.